The Morgan fingerprint density at radius 2 is 1.78 bits per heavy atom. The van der Waals surface area contributed by atoms with Crippen molar-refractivity contribution in [3.63, 3.8) is 0 Å². The van der Waals surface area contributed by atoms with Gasteiger partial charge >= 0.3 is 0 Å². The highest BCUT2D eigenvalue weighted by molar-refractivity contribution is 7.86. The SMILES string of the molecule is Cc1nn(-c2ccccc2)cc1C(=O)N1CC(C)S(=O)C(C)C1. The third kappa shape index (κ3) is 3.08. The van der Waals surface area contributed by atoms with Gasteiger partial charge in [-0.2, -0.15) is 5.10 Å². The molecule has 1 aliphatic rings. The molecular formula is C17H21N3O2S. The number of benzene rings is 1. The van der Waals surface area contributed by atoms with Crippen molar-refractivity contribution < 1.29 is 9.00 Å². The van der Waals surface area contributed by atoms with Gasteiger partial charge in [0.1, 0.15) is 0 Å². The summed E-state index contributed by atoms with van der Waals surface area (Å²) in [5, 5.41) is 4.47. The van der Waals surface area contributed by atoms with E-state index in [1.807, 2.05) is 51.1 Å². The first-order chi connectivity index (χ1) is 11.0. The molecule has 0 saturated carbocycles. The summed E-state index contributed by atoms with van der Waals surface area (Å²) in [7, 11) is -0.868. The largest absolute Gasteiger partial charge is 0.336 e. The van der Waals surface area contributed by atoms with Gasteiger partial charge in [0, 0.05) is 40.6 Å². The zero-order chi connectivity index (χ0) is 16.6. The van der Waals surface area contributed by atoms with Crippen LogP contribution in [-0.4, -0.2) is 48.4 Å². The average Bonchev–Trinajstić information content (AvgIpc) is 2.94. The van der Waals surface area contributed by atoms with E-state index in [4.69, 9.17) is 0 Å². The lowest BCUT2D eigenvalue weighted by Crippen LogP contribution is -2.49. The molecule has 2 unspecified atom stereocenters. The number of hydrogen-bond acceptors (Lipinski definition) is 3. The molecule has 122 valence electrons. The van der Waals surface area contributed by atoms with Crippen LogP contribution < -0.4 is 0 Å². The second-order valence-corrected chi connectivity index (χ2v) is 8.33. The topological polar surface area (TPSA) is 55.2 Å². The van der Waals surface area contributed by atoms with E-state index in [-0.39, 0.29) is 16.4 Å². The van der Waals surface area contributed by atoms with Gasteiger partial charge in [0.05, 0.1) is 16.9 Å². The number of aromatic nitrogens is 2. The quantitative estimate of drug-likeness (QED) is 0.847. The predicted molar refractivity (Wildman–Crippen MR) is 91.3 cm³/mol. The fourth-order valence-corrected chi connectivity index (χ4v) is 4.40. The molecule has 1 amide bonds. The number of para-hydroxylation sites is 1. The van der Waals surface area contributed by atoms with Crippen molar-refractivity contribution in [2.24, 2.45) is 0 Å². The van der Waals surface area contributed by atoms with Crippen molar-refractivity contribution in [2.75, 3.05) is 13.1 Å². The molecule has 23 heavy (non-hydrogen) atoms. The smallest absolute Gasteiger partial charge is 0.257 e. The molecule has 1 saturated heterocycles. The summed E-state index contributed by atoms with van der Waals surface area (Å²) in [6.45, 7) is 6.79. The maximum atomic E-state index is 12.8. The lowest BCUT2D eigenvalue weighted by Gasteiger charge is -2.34. The molecule has 6 heteroatoms. The van der Waals surface area contributed by atoms with E-state index in [0.717, 1.165) is 5.69 Å². The standard InChI is InChI=1S/C17H21N3O2S/c1-12-9-19(10-13(2)23(12)22)17(21)16-11-20(18-14(16)3)15-7-5-4-6-8-15/h4-8,11-13H,9-10H2,1-3H3. The van der Waals surface area contributed by atoms with Crippen molar-refractivity contribution in [2.45, 2.75) is 31.3 Å². The summed E-state index contributed by atoms with van der Waals surface area (Å²) < 4.78 is 13.8. The number of aryl methyl sites for hydroxylation is 1. The van der Waals surface area contributed by atoms with E-state index in [1.54, 1.807) is 15.8 Å². The first kappa shape index (κ1) is 15.9. The Kier molecular flexibility index (Phi) is 4.35. The molecule has 1 aromatic carbocycles. The summed E-state index contributed by atoms with van der Waals surface area (Å²) >= 11 is 0. The molecule has 0 radical (unpaired) electrons. The fourth-order valence-electron chi connectivity index (χ4n) is 2.96. The van der Waals surface area contributed by atoms with Crippen LogP contribution in [-0.2, 0) is 10.8 Å². The molecule has 2 aromatic rings. The van der Waals surface area contributed by atoms with Crippen LogP contribution in [0.3, 0.4) is 0 Å². The van der Waals surface area contributed by atoms with Crippen LogP contribution in [0.2, 0.25) is 0 Å². The maximum Gasteiger partial charge on any atom is 0.257 e. The van der Waals surface area contributed by atoms with Crippen molar-refractivity contribution >= 4 is 16.7 Å². The van der Waals surface area contributed by atoms with Crippen LogP contribution >= 0.6 is 0 Å². The highest BCUT2D eigenvalue weighted by Gasteiger charge is 2.32. The van der Waals surface area contributed by atoms with Crippen LogP contribution in [0.1, 0.15) is 29.9 Å². The van der Waals surface area contributed by atoms with Gasteiger partial charge in [-0.15, -0.1) is 0 Å². The predicted octanol–water partition coefficient (Wildman–Crippen LogP) is 2.16. The van der Waals surface area contributed by atoms with Crippen LogP contribution in [0.25, 0.3) is 5.69 Å². The van der Waals surface area contributed by atoms with Crippen LogP contribution in [0, 0.1) is 6.92 Å². The minimum atomic E-state index is -0.868. The number of carbonyl (C=O) groups excluding carboxylic acids is 1. The highest BCUT2D eigenvalue weighted by Crippen LogP contribution is 2.19. The minimum absolute atomic E-state index is 0.00664. The second kappa shape index (κ2) is 6.28. The van der Waals surface area contributed by atoms with E-state index in [1.165, 1.54) is 0 Å². The zero-order valence-corrected chi connectivity index (χ0v) is 14.4. The lowest BCUT2D eigenvalue weighted by atomic mass is 10.2. The molecule has 0 N–H and O–H groups in total. The third-order valence-corrected chi connectivity index (χ3v) is 6.07. The number of hydrogen-bond donors (Lipinski definition) is 0. The first-order valence-electron chi connectivity index (χ1n) is 7.77. The molecule has 1 fully saturated rings. The molecule has 1 aliphatic heterocycles. The van der Waals surface area contributed by atoms with Gasteiger partial charge in [-0.1, -0.05) is 18.2 Å². The average molecular weight is 331 g/mol. The van der Waals surface area contributed by atoms with Gasteiger partial charge in [-0.25, -0.2) is 4.68 Å². The molecular weight excluding hydrogens is 310 g/mol. The Labute approximate surface area is 138 Å². The third-order valence-electron chi connectivity index (χ3n) is 4.19. The van der Waals surface area contributed by atoms with Gasteiger partial charge in [0.15, 0.2) is 0 Å². The molecule has 2 heterocycles. The molecule has 5 nitrogen and oxygen atoms in total. The van der Waals surface area contributed by atoms with Crippen LogP contribution in [0.15, 0.2) is 36.5 Å². The first-order valence-corrected chi connectivity index (χ1v) is 9.05. The summed E-state index contributed by atoms with van der Waals surface area (Å²) in [6, 6.07) is 9.74. The number of carbonyl (C=O) groups is 1. The summed E-state index contributed by atoms with van der Waals surface area (Å²) in [5.74, 6) is -0.0277. The van der Waals surface area contributed by atoms with E-state index in [2.05, 4.69) is 5.10 Å². The molecule has 0 aliphatic carbocycles. The van der Waals surface area contributed by atoms with E-state index < -0.39 is 10.8 Å². The Bertz CT molecular complexity index is 728. The zero-order valence-electron chi connectivity index (χ0n) is 13.6. The Morgan fingerprint density at radius 1 is 1.17 bits per heavy atom. The lowest BCUT2D eigenvalue weighted by molar-refractivity contribution is 0.0750. The maximum absolute atomic E-state index is 12.8. The summed E-state index contributed by atoms with van der Waals surface area (Å²) in [5.41, 5.74) is 2.25. The van der Waals surface area contributed by atoms with E-state index in [0.29, 0.717) is 24.3 Å². The monoisotopic (exact) mass is 331 g/mol. The number of nitrogens with zero attached hydrogens (tertiary/aromatic N) is 3. The van der Waals surface area contributed by atoms with E-state index >= 15 is 0 Å². The van der Waals surface area contributed by atoms with E-state index in [9.17, 15) is 9.00 Å². The van der Waals surface area contributed by atoms with Gasteiger partial charge in [-0.3, -0.25) is 9.00 Å². The Hall–Kier alpha value is -1.95. The Morgan fingerprint density at radius 3 is 2.39 bits per heavy atom. The number of rotatable bonds is 2. The molecule has 0 bridgehead atoms. The van der Waals surface area contributed by atoms with Crippen molar-refractivity contribution in [1.82, 2.24) is 14.7 Å². The normalized spacial score (nSPS) is 24.7. The van der Waals surface area contributed by atoms with Crippen LogP contribution in [0.4, 0.5) is 0 Å². The molecule has 2 atom stereocenters. The number of amides is 1. The Balaban J connectivity index is 1.86. The molecule has 0 spiro atoms. The van der Waals surface area contributed by atoms with Gasteiger partial charge < -0.3 is 4.90 Å². The van der Waals surface area contributed by atoms with Gasteiger partial charge in [0.2, 0.25) is 0 Å². The second-order valence-electron chi connectivity index (χ2n) is 6.07. The van der Waals surface area contributed by atoms with Crippen molar-refractivity contribution in [3.8, 4) is 5.69 Å². The highest BCUT2D eigenvalue weighted by atomic mass is 32.2. The van der Waals surface area contributed by atoms with Gasteiger partial charge in [-0.05, 0) is 32.9 Å². The fraction of sp³-hybridized carbons (Fsp3) is 0.412. The summed E-state index contributed by atoms with van der Waals surface area (Å²) in [4.78, 5) is 14.6. The van der Waals surface area contributed by atoms with Crippen LogP contribution in [0.5, 0.6) is 0 Å². The van der Waals surface area contributed by atoms with Crippen molar-refractivity contribution in [3.05, 3.63) is 47.8 Å². The van der Waals surface area contributed by atoms with Crippen molar-refractivity contribution in [1.29, 1.82) is 0 Å². The summed E-state index contributed by atoms with van der Waals surface area (Å²) in [6.07, 6.45) is 1.79. The molecule has 3 rings (SSSR count). The molecule has 1 aromatic heterocycles. The van der Waals surface area contributed by atoms with Gasteiger partial charge in [0.25, 0.3) is 5.91 Å². The minimum Gasteiger partial charge on any atom is -0.336 e.